The second-order valence-corrected chi connectivity index (χ2v) is 11.9. The Labute approximate surface area is 241 Å². The van der Waals surface area contributed by atoms with Crippen LogP contribution in [0.4, 0.5) is 5.82 Å². The fourth-order valence-electron chi connectivity index (χ4n) is 4.79. The van der Waals surface area contributed by atoms with Gasteiger partial charge in [0.15, 0.2) is 0 Å². The van der Waals surface area contributed by atoms with Crippen molar-refractivity contribution in [1.29, 1.82) is 0 Å². The molecule has 2 heterocycles. The first-order chi connectivity index (χ1) is 18.6. The molecule has 2 aromatic rings. The third-order valence-corrected chi connectivity index (χ3v) is 6.88. The van der Waals surface area contributed by atoms with Crippen molar-refractivity contribution in [2.24, 2.45) is 5.92 Å². The van der Waals surface area contributed by atoms with E-state index in [1.807, 2.05) is 35.2 Å². The van der Waals surface area contributed by atoms with Crippen molar-refractivity contribution in [3.63, 3.8) is 0 Å². The third kappa shape index (κ3) is 9.80. The first-order valence-corrected chi connectivity index (χ1v) is 14.2. The monoisotopic (exact) mass is 556 g/mol. The number of hydrogen-bond acceptors (Lipinski definition) is 8. The Balaban J connectivity index is 0.00000560. The number of aliphatic hydroxyl groups excluding tert-OH is 1. The van der Waals surface area contributed by atoms with Gasteiger partial charge in [-0.2, -0.15) is 0 Å². The number of rotatable bonds is 13. The van der Waals surface area contributed by atoms with Gasteiger partial charge in [0.2, 0.25) is 0 Å². The summed E-state index contributed by atoms with van der Waals surface area (Å²) in [6.45, 7) is 14.3. The SMILES string of the molecule is C.COCCCNc1nc(C(C)(C)C)ncc1C(=O)N(CC(C)C)[C@@H]1CNC[C@H](NCC(O)c2ccccc2)C1. The minimum Gasteiger partial charge on any atom is -0.387 e. The Kier molecular flexibility index (Phi) is 13.4. The van der Waals surface area contributed by atoms with E-state index in [1.165, 1.54) is 0 Å². The lowest BCUT2D eigenvalue weighted by molar-refractivity contribution is 0.0596. The van der Waals surface area contributed by atoms with Gasteiger partial charge in [0, 0.05) is 70.1 Å². The van der Waals surface area contributed by atoms with Gasteiger partial charge in [0.1, 0.15) is 17.2 Å². The Hall–Kier alpha value is -2.59. The molecule has 0 spiro atoms. The number of aliphatic hydroxyl groups is 1. The summed E-state index contributed by atoms with van der Waals surface area (Å²) in [5, 5.41) is 21.0. The number of piperidine rings is 1. The number of benzene rings is 1. The summed E-state index contributed by atoms with van der Waals surface area (Å²) in [5.41, 5.74) is 1.15. The van der Waals surface area contributed by atoms with E-state index in [-0.39, 0.29) is 30.8 Å². The first kappa shape index (κ1) is 33.6. The molecule has 1 unspecified atom stereocenters. The van der Waals surface area contributed by atoms with E-state index in [9.17, 15) is 9.90 Å². The lowest BCUT2D eigenvalue weighted by atomic mass is 9.95. The smallest absolute Gasteiger partial charge is 0.259 e. The predicted molar refractivity (Wildman–Crippen MR) is 163 cm³/mol. The van der Waals surface area contributed by atoms with Gasteiger partial charge in [-0.25, -0.2) is 9.97 Å². The molecule has 0 bridgehead atoms. The van der Waals surface area contributed by atoms with E-state index in [4.69, 9.17) is 9.72 Å². The predicted octanol–water partition coefficient (Wildman–Crippen LogP) is 4.01. The molecule has 40 heavy (non-hydrogen) atoms. The van der Waals surface area contributed by atoms with Crippen molar-refractivity contribution in [1.82, 2.24) is 25.5 Å². The number of hydrogen-bond donors (Lipinski definition) is 4. The minimum atomic E-state index is -0.579. The highest BCUT2D eigenvalue weighted by atomic mass is 16.5. The maximum Gasteiger partial charge on any atom is 0.259 e. The number of carbonyl (C=O) groups excluding carboxylic acids is 1. The highest BCUT2D eigenvalue weighted by Gasteiger charge is 2.33. The van der Waals surface area contributed by atoms with Crippen molar-refractivity contribution < 1.29 is 14.6 Å². The van der Waals surface area contributed by atoms with Gasteiger partial charge >= 0.3 is 0 Å². The molecule has 3 atom stereocenters. The highest BCUT2D eigenvalue weighted by molar-refractivity contribution is 5.98. The Morgan fingerprint density at radius 1 is 1.23 bits per heavy atom. The normalized spacial score (nSPS) is 18.2. The fraction of sp³-hybridized carbons (Fsp3) is 0.645. The lowest BCUT2D eigenvalue weighted by Gasteiger charge is -2.39. The van der Waals surface area contributed by atoms with E-state index in [1.54, 1.807) is 13.3 Å². The quantitative estimate of drug-likeness (QED) is 0.274. The molecule has 224 valence electrons. The molecule has 1 aromatic carbocycles. The summed E-state index contributed by atoms with van der Waals surface area (Å²) >= 11 is 0. The molecular weight excluding hydrogens is 504 g/mol. The molecule has 1 fully saturated rings. The van der Waals surface area contributed by atoms with Crippen LogP contribution in [-0.2, 0) is 10.2 Å². The van der Waals surface area contributed by atoms with Crippen LogP contribution in [-0.4, -0.2) is 84.4 Å². The second-order valence-electron chi connectivity index (χ2n) is 11.9. The molecule has 0 radical (unpaired) electrons. The molecule has 1 aromatic heterocycles. The molecule has 1 saturated heterocycles. The van der Waals surface area contributed by atoms with Gasteiger partial charge in [-0.15, -0.1) is 0 Å². The van der Waals surface area contributed by atoms with Crippen LogP contribution in [0.2, 0.25) is 0 Å². The number of nitrogens with zero attached hydrogens (tertiary/aromatic N) is 3. The van der Waals surface area contributed by atoms with Crippen LogP contribution < -0.4 is 16.0 Å². The molecule has 0 saturated carbocycles. The summed E-state index contributed by atoms with van der Waals surface area (Å²) in [6, 6.07) is 9.83. The van der Waals surface area contributed by atoms with E-state index in [0.29, 0.717) is 49.4 Å². The number of nitrogens with one attached hydrogen (secondary N) is 3. The number of anilines is 1. The van der Waals surface area contributed by atoms with Gasteiger partial charge in [-0.3, -0.25) is 4.79 Å². The third-order valence-electron chi connectivity index (χ3n) is 6.88. The second kappa shape index (κ2) is 16.0. The number of aromatic nitrogens is 2. The van der Waals surface area contributed by atoms with Crippen LogP contribution in [0, 0.1) is 5.92 Å². The van der Waals surface area contributed by atoms with E-state index in [2.05, 4.69) is 55.6 Å². The Morgan fingerprint density at radius 3 is 2.60 bits per heavy atom. The average Bonchev–Trinajstić information content (AvgIpc) is 2.92. The summed E-state index contributed by atoms with van der Waals surface area (Å²) in [6.07, 6.45) is 2.71. The van der Waals surface area contributed by atoms with E-state index >= 15 is 0 Å². The van der Waals surface area contributed by atoms with Gasteiger partial charge in [0.25, 0.3) is 5.91 Å². The molecule has 4 N–H and O–H groups in total. The van der Waals surface area contributed by atoms with Crippen molar-refractivity contribution in [2.75, 3.05) is 51.8 Å². The molecule has 9 heteroatoms. The maximum atomic E-state index is 14.1. The van der Waals surface area contributed by atoms with Crippen molar-refractivity contribution in [3.8, 4) is 0 Å². The zero-order valence-corrected chi connectivity index (χ0v) is 24.5. The summed E-state index contributed by atoms with van der Waals surface area (Å²) in [4.78, 5) is 25.5. The lowest BCUT2D eigenvalue weighted by Crippen LogP contribution is -2.57. The maximum absolute atomic E-state index is 14.1. The highest BCUT2D eigenvalue weighted by Crippen LogP contribution is 2.25. The fourth-order valence-corrected chi connectivity index (χ4v) is 4.79. The summed E-state index contributed by atoms with van der Waals surface area (Å²) in [5.74, 6) is 1.52. The number of ether oxygens (including phenoxy) is 1. The summed E-state index contributed by atoms with van der Waals surface area (Å²) < 4.78 is 5.19. The van der Waals surface area contributed by atoms with Crippen LogP contribution >= 0.6 is 0 Å². The van der Waals surface area contributed by atoms with Crippen LogP contribution in [0.25, 0.3) is 0 Å². The molecule has 1 amide bonds. The van der Waals surface area contributed by atoms with Gasteiger partial charge in [-0.1, -0.05) is 72.4 Å². The van der Waals surface area contributed by atoms with Crippen LogP contribution in [0.1, 0.15) is 82.7 Å². The standard InChI is InChI=1S/C30H48N6O3.CH4/c1-21(2)20-36(24-15-23(16-31-17-24)33-19-26(37)22-11-8-7-9-12-22)28(38)25-18-34-29(30(3,4)5)35-27(25)32-13-10-14-39-6;/h7-9,11-12,18,21,23-24,26,31,33,37H,10,13-17,19-20H2,1-6H3,(H,32,34,35);1H4/t23-,24+,26?;/m1./s1. The van der Waals surface area contributed by atoms with E-state index in [0.717, 1.165) is 31.5 Å². The molecule has 1 aliphatic rings. The van der Waals surface area contributed by atoms with Crippen molar-refractivity contribution in [2.45, 2.75) is 78.5 Å². The molecule has 0 aliphatic carbocycles. The first-order valence-electron chi connectivity index (χ1n) is 14.2. The number of carbonyl (C=O) groups is 1. The van der Waals surface area contributed by atoms with Crippen LogP contribution in [0.3, 0.4) is 0 Å². The molecule has 9 nitrogen and oxygen atoms in total. The van der Waals surface area contributed by atoms with E-state index < -0.39 is 6.10 Å². The van der Waals surface area contributed by atoms with Crippen LogP contribution in [0.5, 0.6) is 0 Å². The average molecular weight is 557 g/mol. The zero-order valence-electron chi connectivity index (χ0n) is 24.5. The minimum absolute atomic E-state index is 0. The number of amides is 1. The van der Waals surface area contributed by atoms with Crippen molar-refractivity contribution >= 4 is 11.7 Å². The van der Waals surface area contributed by atoms with Gasteiger partial charge in [0.05, 0.1) is 6.10 Å². The Bertz CT molecular complexity index is 1030. The van der Waals surface area contributed by atoms with Gasteiger partial charge < -0.3 is 30.7 Å². The zero-order chi connectivity index (χ0) is 28.4. The number of methoxy groups -OCH3 is 1. The Morgan fingerprint density at radius 2 is 1.95 bits per heavy atom. The topological polar surface area (TPSA) is 112 Å². The largest absolute Gasteiger partial charge is 0.387 e. The molecule has 3 rings (SSSR count). The molecular formula is C31H52N6O3. The van der Waals surface area contributed by atoms with Crippen LogP contribution in [0.15, 0.2) is 36.5 Å². The van der Waals surface area contributed by atoms with Crippen molar-refractivity contribution in [3.05, 3.63) is 53.5 Å². The van der Waals surface area contributed by atoms with Gasteiger partial charge in [-0.05, 0) is 24.3 Å². The molecule has 1 aliphatic heterocycles. The summed E-state index contributed by atoms with van der Waals surface area (Å²) in [7, 11) is 1.68.